The average molecular weight is 372 g/mol. The molecule has 6 nitrogen and oxygen atoms in total. The number of hydrogen-bond acceptors (Lipinski definition) is 5. The van der Waals surface area contributed by atoms with Crippen molar-refractivity contribution in [3.63, 3.8) is 0 Å². The fourth-order valence-corrected chi connectivity index (χ4v) is 3.70. The zero-order valence-corrected chi connectivity index (χ0v) is 16.5. The Morgan fingerprint density at radius 2 is 1.89 bits per heavy atom. The van der Waals surface area contributed by atoms with E-state index in [9.17, 15) is 14.7 Å². The van der Waals surface area contributed by atoms with Gasteiger partial charge in [0.2, 0.25) is 5.91 Å². The first-order chi connectivity index (χ1) is 12.8. The number of aryl methyl sites for hydroxylation is 2. The molecule has 1 aromatic carbocycles. The molecule has 0 unspecified atom stereocenters. The molecule has 2 heterocycles. The molecule has 146 valence electrons. The molecule has 1 aromatic heterocycles. The summed E-state index contributed by atoms with van der Waals surface area (Å²) in [4.78, 5) is 28.1. The molecule has 1 fully saturated rings. The van der Waals surface area contributed by atoms with E-state index in [0.717, 1.165) is 29.6 Å². The smallest absolute Gasteiger partial charge is 0.336 e. The molecule has 1 aliphatic heterocycles. The first kappa shape index (κ1) is 19.4. The van der Waals surface area contributed by atoms with E-state index in [4.69, 9.17) is 4.42 Å². The second-order valence-electron chi connectivity index (χ2n) is 7.60. The Labute approximate surface area is 159 Å². The predicted octanol–water partition coefficient (Wildman–Crippen LogP) is 2.67. The number of carbonyl (C=O) groups excluding carboxylic acids is 1. The minimum absolute atomic E-state index is 0.00280. The van der Waals surface area contributed by atoms with Gasteiger partial charge in [0.15, 0.2) is 0 Å². The van der Waals surface area contributed by atoms with Gasteiger partial charge in [-0.05, 0) is 30.5 Å². The fraction of sp³-hybridized carbons (Fsp3) is 0.524. The molecule has 0 aliphatic carbocycles. The molecule has 1 N–H and O–H groups in total. The summed E-state index contributed by atoms with van der Waals surface area (Å²) in [6.07, 6.45) is 0.698. The van der Waals surface area contributed by atoms with Gasteiger partial charge >= 0.3 is 5.63 Å². The maximum absolute atomic E-state index is 12.2. The van der Waals surface area contributed by atoms with Crippen molar-refractivity contribution < 1.29 is 14.3 Å². The zero-order chi connectivity index (χ0) is 19.7. The number of piperazine rings is 1. The number of aromatic hydroxyl groups is 1. The van der Waals surface area contributed by atoms with E-state index in [1.807, 2.05) is 38.7 Å². The molecule has 0 bridgehead atoms. The summed E-state index contributed by atoms with van der Waals surface area (Å²) in [6.45, 7) is 11.0. The summed E-state index contributed by atoms with van der Waals surface area (Å²) in [6, 6.07) is 3.39. The minimum atomic E-state index is -0.405. The normalized spacial score (nSPS) is 15.7. The van der Waals surface area contributed by atoms with Crippen LogP contribution in [0.25, 0.3) is 11.0 Å². The highest BCUT2D eigenvalue weighted by Crippen LogP contribution is 2.33. The van der Waals surface area contributed by atoms with E-state index in [1.54, 1.807) is 0 Å². The second-order valence-corrected chi connectivity index (χ2v) is 7.60. The van der Waals surface area contributed by atoms with Crippen molar-refractivity contribution in [2.75, 3.05) is 26.2 Å². The van der Waals surface area contributed by atoms with Crippen LogP contribution in [-0.2, 0) is 17.8 Å². The zero-order valence-electron chi connectivity index (χ0n) is 16.5. The van der Waals surface area contributed by atoms with E-state index in [2.05, 4.69) is 4.90 Å². The SMILES string of the molecule is CCc1cc2c(C)cc(=O)oc2c(CN2CCN(C(=O)C(C)C)CC2)c1O. The van der Waals surface area contributed by atoms with Gasteiger partial charge in [0.1, 0.15) is 11.3 Å². The van der Waals surface area contributed by atoms with Crippen molar-refractivity contribution >= 4 is 16.9 Å². The lowest BCUT2D eigenvalue weighted by Gasteiger charge is -2.35. The Bertz CT molecular complexity index is 909. The maximum Gasteiger partial charge on any atom is 0.336 e. The van der Waals surface area contributed by atoms with E-state index in [0.29, 0.717) is 37.2 Å². The lowest BCUT2D eigenvalue weighted by molar-refractivity contribution is -0.136. The molecular formula is C21H28N2O4. The van der Waals surface area contributed by atoms with Crippen LogP contribution in [0.5, 0.6) is 5.75 Å². The standard InChI is InChI=1S/C21H28N2O4/c1-5-15-11-16-14(4)10-18(24)27-20(16)17(19(15)25)12-22-6-8-23(9-7-22)21(26)13(2)3/h10-11,13,25H,5-9,12H2,1-4H3. The van der Waals surface area contributed by atoms with Gasteiger partial charge in [0.25, 0.3) is 0 Å². The van der Waals surface area contributed by atoms with Crippen molar-refractivity contribution in [3.8, 4) is 5.75 Å². The maximum atomic E-state index is 12.2. The van der Waals surface area contributed by atoms with Gasteiger partial charge in [-0.2, -0.15) is 0 Å². The highest BCUT2D eigenvalue weighted by atomic mass is 16.4. The van der Waals surface area contributed by atoms with Crippen molar-refractivity contribution in [2.24, 2.45) is 5.92 Å². The van der Waals surface area contributed by atoms with Crippen LogP contribution in [0.4, 0.5) is 0 Å². The van der Waals surface area contributed by atoms with Crippen LogP contribution < -0.4 is 5.63 Å². The lowest BCUT2D eigenvalue weighted by atomic mass is 9.99. The van der Waals surface area contributed by atoms with E-state index in [-0.39, 0.29) is 17.6 Å². The predicted molar refractivity (Wildman–Crippen MR) is 105 cm³/mol. The highest BCUT2D eigenvalue weighted by molar-refractivity contribution is 5.86. The summed E-state index contributed by atoms with van der Waals surface area (Å²) < 4.78 is 5.48. The monoisotopic (exact) mass is 372 g/mol. The van der Waals surface area contributed by atoms with Crippen molar-refractivity contribution in [3.05, 3.63) is 39.2 Å². The van der Waals surface area contributed by atoms with E-state index in [1.165, 1.54) is 6.07 Å². The summed E-state index contributed by atoms with van der Waals surface area (Å²) in [5, 5.41) is 11.6. The van der Waals surface area contributed by atoms with Crippen LogP contribution >= 0.6 is 0 Å². The molecular weight excluding hydrogens is 344 g/mol. The third-order valence-corrected chi connectivity index (χ3v) is 5.33. The molecule has 0 saturated carbocycles. The largest absolute Gasteiger partial charge is 0.507 e. The number of phenolic OH excluding ortho intramolecular Hbond substituents is 1. The quantitative estimate of drug-likeness (QED) is 0.836. The number of amides is 1. The molecule has 3 rings (SSSR count). The number of nitrogens with zero attached hydrogens (tertiary/aromatic N) is 2. The Kier molecular flexibility index (Phi) is 5.56. The van der Waals surface area contributed by atoms with Gasteiger partial charge in [-0.3, -0.25) is 9.69 Å². The molecule has 1 amide bonds. The summed E-state index contributed by atoms with van der Waals surface area (Å²) in [7, 11) is 0. The Morgan fingerprint density at radius 1 is 1.22 bits per heavy atom. The molecule has 2 aromatic rings. The van der Waals surface area contributed by atoms with Crippen LogP contribution in [0.15, 0.2) is 21.3 Å². The summed E-state index contributed by atoms with van der Waals surface area (Å²) >= 11 is 0. The second kappa shape index (κ2) is 7.72. The van der Waals surface area contributed by atoms with E-state index < -0.39 is 5.63 Å². The molecule has 1 aliphatic rings. The highest BCUT2D eigenvalue weighted by Gasteiger charge is 2.25. The van der Waals surface area contributed by atoms with Gasteiger partial charge in [-0.25, -0.2) is 4.79 Å². The van der Waals surface area contributed by atoms with Gasteiger partial charge < -0.3 is 14.4 Å². The Morgan fingerprint density at radius 3 is 2.48 bits per heavy atom. The van der Waals surface area contributed by atoms with Crippen molar-refractivity contribution in [1.29, 1.82) is 0 Å². The molecule has 1 saturated heterocycles. The Balaban J connectivity index is 1.90. The first-order valence-electron chi connectivity index (χ1n) is 9.61. The minimum Gasteiger partial charge on any atom is -0.507 e. The third-order valence-electron chi connectivity index (χ3n) is 5.33. The molecule has 6 heteroatoms. The van der Waals surface area contributed by atoms with Gasteiger partial charge in [0, 0.05) is 50.1 Å². The van der Waals surface area contributed by atoms with Gasteiger partial charge in [0.05, 0.1) is 5.56 Å². The molecule has 0 atom stereocenters. The van der Waals surface area contributed by atoms with Crippen molar-refractivity contribution in [2.45, 2.75) is 40.7 Å². The number of hydrogen-bond donors (Lipinski definition) is 1. The van der Waals surface area contributed by atoms with E-state index >= 15 is 0 Å². The number of carbonyl (C=O) groups is 1. The topological polar surface area (TPSA) is 74.0 Å². The lowest BCUT2D eigenvalue weighted by Crippen LogP contribution is -2.49. The Hall–Kier alpha value is -2.34. The van der Waals surface area contributed by atoms with Crippen molar-refractivity contribution in [1.82, 2.24) is 9.80 Å². The number of rotatable bonds is 4. The molecule has 0 radical (unpaired) electrons. The van der Waals surface area contributed by atoms with Crippen LogP contribution in [-0.4, -0.2) is 47.0 Å². The number of fused-ring (bicyclic) bond motifs is 1. The first-order valence-corrected chi connectivity index (χ1v) is 9.61. The van der Waals surface area contributed by atoms with Crippen LogP contribution in [0.2, 0.25) is 0 Å². The average Bonchev–Trinajstić information content (AvgIpc) is 2.64. The van der Waals surface area contributed by atoms with Gasteiger partial charge in [-0.1, -0.05) is 20.8 Å². The molecule has 0 spiro atoms. The number of phenols is 1. The van der Waals surface area contributed by atoms with Crippen LogP contribution in [0.1, 0.15) is 37.5 Å². The summed E-state index contributed by atoms with van der Waals surface area (Å²) in [5.74, 6) is 0.389. The van der Waals surface area contributed by atoms with Crippen LogP contribution in [0.3, 0.4) is 0 Å². The summed E-state index contributed by atoms with van der Waals surface area (Å²) in [5.41, 5.74) is 2.43. The fourth-order valence-electron chi connectivity index (χ4n) is 3.70. The molecule has 27 heavy (non-hydrogen) atoms. The van der Waals surface area contributed by atoms with Crippen LogP contribution in [0, 0.1) is 12.8 Å². The van der Waals surface area contributed by atoms with Gasteiger partial charge in [-0.15, -0.1) is 0 Å². The third kappa shape index (κ3) is 3.86. The number of benzene rings is 1.